The molecule has 0 saturated carbocycles. The van der Waals surface area contributed by atoms with Gasteiger partial charge < -0.3 is 14.8 Å². The zero-order chi connectivity index (χ0) is 18.5. The van der Waals surface area contributed by atoms with Gasteiger partial charge in [-0.15, -0.1) is 11.3 Å². The minimum Gasteiger partial charge on any atom is -0.468 e. The van der Waals surface area contributed by atoms with Crippen LogP contribution >= 0.6 is 11.3 Å². The van der Waals surface area contributed by atoms with Gasteiger partial charge in [-0.3, -0.25) is 10.1 Å². The summed E-state index contributed by atoms with van der Waals surface area (Å²) in [6.07, 6.45) is 0. The molecule has 7 nitrogen and oxygen atoms in total. The Morgan fingerprint density at radius 3 is 2.85 bits per heavy atom. The molecule has 0 unspecified atom stereocenters. The van der Waals surface area contributed by atoms with Gasteiger partial charge in [0.25, 0.3) is 5.69 Å². The van der Waals surface area contributed by atoms with Crippen molar-refractivity contribution in [3.63, 3.8) is 0 Å². The van der Waals surface area contributed by atoms with Crippen molar-refractivity contribution in [1.29, 1.82) is 0 Å². The van der Waals surface area contributed by atoms with Crippen LogP contribution in [0.2, 0.25) is 0 Å². The van der Waals surface area contributed by atoms with Crippen molar-refractivity contribution < 1.29 is 14.4 Å². The smallest absolute Gasteiger partial charge is 0.293 e. The number of nitro benzene ring substituents is 1. The molecule has 0 aliphatic heterocycles. The number of nitro groups is 1. The van der Waals surface area contributed by atoms with Crippen molar-refractivity contribution in [3.8, 4) is 17.6 Å². The van der Waals surface area contributed by atoms with Crippen molar-refractivity contribution in [2.75, 3.05) is 26.3 Å². The number of ether oxygens (including phenoxy) is 2. The summed E-state index contributed by atoms with van der Waals surface area (Å²) in [5, 5.41) is 14.5. The molecular formula is C18H15N3O4S. The van der Waals surface area contributed by atoms with E-state index in [2.05, 4.69) is 22.1 Å². The van der Waals surface area contributed by atoms with Crippen LogP contribution in [0, 0.1) is 22.0 Å². The first-order valence-electron chi connectivity index (χ1n) is 7.61. The lowest BCUT2D eigenvalue weighted by Crippen LogP contribution is -1.98. The first-order valence-corrected chi connectivity index (χ1v) is 8.43. The fourth-order valence-electron chi connectivity index (χ4n) is 2.27. The van der Waals surface area contributed by atoms with Crippen LogP contribution in [0.25, 0.3) is 10.2 Å². The fraction of sp³-hybridized carbons (Fsp3) is 0.167. The number of nitrogens with zero attached hydrogens (tertiary/aromatic N) is 2. The van der Waals surface area contributed by atoms with Crippen molar-refractivity contribution in [2.45, 2.75) is 0 Å². The molecule has 0 amide bonds. The summed E-state index contributed by atoms with van der Waals surface area (Å²) in [4.78, 5) is 15.1. The Hall–Kier alpha value is -3.15. The molecule has 2 aromatic carbocycles. The van der Waals surface area contributed by atoms with Gasteiger partial charge in [0, 0.05) is 25.8 Å². The number of fused-ring (bicyclic) bond motifs is 1. The molecule has 3 rings (SSSR count). The maximum Gasteiger partial charge on any atom is 0.293 e. The maximum atomic E-state index is 11.1. The van der Waals surface area contributed by atoms with Gasteiger partial charge in [0.15, 0.2) is 11.8 Å². The molecule has 8 heteroatoms. The number of hydrogen-bond donors (Lipinski definition) is 1. The van der Waals surface area contributed by atoms with Crippen LogP contribution in [-0.2, 0) is 4.74 Å². The van der Waals surface area contributed by atoms with Crippen LogP contribution in [0.3, 0.4) is 0 Å². The van der Waals surface area contributed by atoms with Gasteiger partial charge >= 0.3 is 0 Å². The zero-order valence-electron chi connectivity index (χ0n) is 14.1. The molecule has 1 aromatic heterocycles. The van der Waals surface area contributed by atoms with E-state index in [0.717, 1.165) is 10.2 Å². The van der Waals surface area contributed by atoms with Crippen LogP contribution in [-0.4, -0.2) is 30.9 Å². The van der Waals surface area contributed by atoms with Crippen molar-refractivity contribution in [2.24, 2.45) is 0 Å². The third-order valence-electron chi connectivity index (χ3n) is 3.48. The lowest BCUT2D eigenvalue weighted by Gasteiger charge is -2.03. The van der Waals surface area contributed by atoms with Crippen LogP contribution in [0.1, 0.15) is 10.6 Å². The number of nitrogens with one attached hydrogen (secondary N) is 1. The minimum absolute atomic E-state index is 0.0106. The van der Waals surface area contributed by atoms with Gasteiger partial charge in [0.1, 0.15) is 11.4 Å². The van der Waals surface area contributed by atoms with Gasteiger partial charge in [-0.2, -0.15) is 0 Å². The highest BCUT2D eigenvalue weighted by Gasteiger charge is 2.12. The highest BCUT2D eigenvalue weighted by molar-refractivity contribution is 7.19. The average Bonchev–Trinajstić information content (AvgIpc) is 3.06. The average molecular weight is 369 g/mol. The van der Waals surface area contributed by atoms with Crippen molar-refractivity contribution in [1.82, 2.24) is 4.98 Å². The van der Waals surface area contributed by atoms with Gasteiger partial charge in [0.2, 0.25) is 0 Å². The number of thiazole rings is 1. The lowest BCUT2D eigenvalue weighted by molar-refractivity contribution is -0.384. The van der Waals surface area contributed by atoms with Crippen LogP contribution in [0.15, 0.2) is 36.4 Å². The summed E-state index contributed by atoms with van der Waals surface area (Å²) in [6.45, 7) is 0.179. The summed E-state index contributed by atoms with van der Waals surface area (Å²) in [7, 11) is 3.20. The van der Waals surface area contributed by atoms with E-state index >= 15 is 0 Å². The largest absolute Gasteiger partial charge is 0.468 e. The summed E-state index contributed by atoms with van der Waals surface area (Å²) < 4.78 is 11.2. The Balaban J connectivity index is 1.88. The van der Waals surface area contributed by atoms with Crippen LogP contribution in [0.4, 0.5) is 11.4 Å². The summed E-state index contributed by atoms with van der Waals surface area (Å²) in [5.74, 6) is 6.59. The standard InChI is InChI=1S/C18H15N3O4S/c1-19-14-6-3-12(9-16(14)21(22)23)4-8-18-20-15-7-5-13(25-11-24-2)10-17(15)26-18/h3,5-7,9-10,19H,11H2,1-2H3. The Morgan fingerprint density at radius 2 is 2.12 bits per heavy atom. The molecule has 0 radical (unpaired) electrons. The molecule has 1 heterocycles. The molecule has 0 atom stereocenters. The van der Waals surface area contributed by atoms with E-state index in [1.165, 1.54) is 17.4 Å². The van der Waals surface area contributed by atoms with Crippen molar-refractivity contribution >= 4 is 32.9 Å². The molecule has 3 aromatic rings. The summed E-state index contributed by atoms with van der Waals surface area (Å²) >= 11 is 1.43. The van der Waals surface area contributed by atoms with E-state index < -0.39 is 4.92 Å². The molecule has 132 valence electrons. The van der Waals surface area contributed by atoms with E-state index in [1.54, 1.807) is 26.3 Å². The van der Waals surface area contributed by atoms with E-state index in [9.17, 15) is 10.1 Å². The van der Waals surface area contributed by atoms with Crippen LogP contribution in [0.5, 0.6) is 5.75 Å². The van der Waals surface area contributed by atoms with Crippen LogP contribution < -0.4 is 10.1 Å². The fourth-order valence-corrected chi connectivity index (χ4v) is 3.12. The highest BCUT2D eigenvalue weighted by atomic mass is 32.1. The van der Waals surface area contributed by atoms with Crippen molar-refractivity contribution in [3.05, 3.63) is 57.1 Å². The number of hydrogen-bond acceptors (Lipinski definition) is 7. The van der Waals surface area contributed by atoms with E-state index in [1.807, 2.05) is 18.2 Å². The first-order chi connectivity index (χ1) is 12.6. The Labute approximate surface area is 153 Å². The Morgan fingerprint density at radius 1 is 1.27 bits per heavy atom. The molecule has 0 aliphatic rings. The predicted octanol–water partition coefficient (Wildman–Crippen LogP) is 3.63. The number of aromatic nitrogens is 1. The monoisotopic (exact) mass is 369 g/mol. The molecule has 0 bridgehead atoms. The number of rotatable bonds is 5. The van der Waals surface area contributed by atoms with E-state index in [-0.39, 0.29) is 12.5 Å². The zero-order valence-corrected chi connectivity index (χ0v) is 14.9. The molecule has 0 fully saturated rings. The number of benzene rings is 2. The van der Waals surface area contributed by atoms with Gasteiger partial charge in [0.05, 0.1) is 15.1 Å². The van der Waals surface area contributed by atoms with E-state index in [0.29, 0.717) is 22.0 Å². The molecular weight excluding hydrogens is 354 g/mol. The third-order valence-corrected chi connectivity index (χ3v) is 4.41. The number of anilines is 1. The third kappa shape index (κ3) is 3.91. The molecule has 26 heavy (non-hydrogen) atoms. The normalized spacial score (nSPS) is 10.2. The molecule has 0 aliphatic carbocycles. The second-order valence-electron chi connectivity index (χ2n) is 5.19. The topological polar surface area (TPSA) is 86.5 Å². The predicted molar refractivity (Wildman–Crippen MR) is 101 cm³/mol. The summed E-state index contributed by atoms with van der Waals surface area (Å²) in [5.41, 5.74) is 1.81. The Bertz CT molecular complexity index is 1020. The molecule has 1 N–H and O–H groups in total. The highest BCUT2D eigenvalue weighted by Crippen LogP contribution is 2.27. The molecule has 0 spiro atoms. The Kier molecular flexibility index (Phi) is 5.31. The minimum atomic E-state index is -0.434. The molecule has 0 saturated heterocycles. The maximum absolute atomic E-state index is 11.1. The second-order valence-corrected chi connectivity index (χ2v) is 6.22. The first kappa shape index (κ1) is 17.7. The SMILES string of the molecule is CNc1ccc(C#Cc2nc3ccc(OCOC)cc3s2)cc1[N+](=O)[O-]. The summed E-state index contributed by atoms with van der Waals surface area (Å²) in [6, 6.07) is 10.4. The van der Waals surface area contributed by atoms with E-state index in [4.69, 9.17) is 9.47 Å². The van der Waals surface area contributed by atoms with Gasteiger partial charge in [-0.1, -0.05) is 5.92 Å². The van der Waals surface area contributed by atoms with Gasteiger partial charge in [-0.25, -0.2) is 4.98 Å². The quantitative estimate of drug-likeness (QED) is 0.320. The van der Waals surface area contributed by atoms with Gasteiger partial charge in [-0.05, 0) is 36.3 Å². The second kappa shape index (κ2) is 7.82. The lowest BCUT2D eigenvalue weighted by atomic mass is 10.2. The number of methoxy groups -OCH3 is 1.